The van der Waals surface area contributed by atoms with Crippen LogP contribution in [0.15, 0.2) is 42.6 Å². The highest BCUT2D eigenvalue weighted by molar-refractivity contribution is 7.90. The molecule has 0 spiro atoms. The van der Waals surface area contributed by atoms with E-state index in [1.807, 2.05) is 18.6 Å². The molecule has 2 N–H and O–H groups in total. The first-order valence-corrected chi connectivity index (χ1v) is 12.4. The van der Waals surface area contributed by atoms with Crippen molar-refractivity contribution in [3.8, 4) is 5.75 Å². The topological polar surface area (TPSA) is 141 Å². The monoisotopic (exact) mass is 491 g/mol. The van der Waals surface area contributed by atoms with Gasteiger partial charge >= 0.3 is 5.97 Å². The third-order valence-electron chi connectivity index (χ3n) is 4.93. The van der Waals surface area contributed by atoms with Crippen molar-refractivity contribution >= 4 is 27.8 Å². The molecule has 0 aliphatic rings. The largest absolute Gasteiger partial charge is 0.497 e. The van der Waals surface area contributed by atoms with Crippen LogP contribution in [-0.4, -0.2) is 56.7 Å². The van der Waals surface area contributed by atoms with Crippen LogP contribution in [0.4, 0.5) is 0 Å². The van der Waals surface area contributed by atoms with E-state index in [0.29, 0.717) is 18.6 Å². The van der Waals surface area contributed by atoms with Crippen molar-refractivity contribution in [1.82, 2.24) is 15.0 Å². The maximum atomic E-state index is 12.3. The van der Waals surface area contributed by atoms with Crippen LogP contribution in [0.2, 0.25) is 0 Å². The van der Waals surface area contributed by atoms with Gasteiger partial charge in [-0.1, -0.05) is 26.0 Å². The summed E-state index contributed by atoms with van der Waals surface area (Å²) in [6.45, 7) is 3.48. The Morgan fingerprint density at radius 1 is 1.00 bits per heavy atom. The van der Waals surface area contributed by atoms with Gasteiger partial charge in [-0.3, -0.25) is 19.4 Å². The summed E-state index contributed by atoms with van der Waals surface area (Å²) < 4.78 is 36.8. The molecule has 0 saturated heterocycles. The number of aromatic nitrogens is 1. The van der Waals surface area contributed by atoms with E-state index < -0.39 is 27.8 Å². The molecule has 0 radical (unpaired) electrons. The number of esters is 1. The fourth-order valence-corrected chi connectivity index (χ4v) is 3.89. The molecule has 2 amide bonds. The minimum absolute atomic E-state index is 0.0299. The second-order valence-corrected chi connectivity index (χ2v) is 9.23. The molecule has 0 aliphatic carbocycles. The molecule has 2 rings (SSSR count). The predicted molar refractivity (Wildman–Crippen MR) is 125 cm³/mol. The van der Waals surface area contributed by atoms with Gasteiger partial charge in [-0.25, -0.2) is 13.1 Å². The van der Waals surface area contributed by atoms with Crippen LogP contribution in [0.3, 0.4) is 0 Å². The summed E-state index contributed by atoms with van der Waals surface area (Å²) in [6, 6.07) is 9.48. The average Bonchev–Trinajstić information content (AvgIpc) is 2.84. The zero-order valence-corrected chi connectivity index (χ0v) is 20.2. The second-order valence-electron chi connectivity index (χ2n) is 7.39. The Balaban J connectivity index is 1.87. The number of aryl methyl sites for hydroxylation is 1. The molecule has 0 atom stereocenters. The zero-order chi connectivity index (χ0) is 25.1. The molecule has 0 aliphatic heterocycles. The Morgan fingerprint density at radius 3 is 2.24 bits per heavy atom. The molecule has 1 aromatic carbocycles. The SMILES string of the molecule is CCC(CC)OC(=O)CNC(=O)c1ccc(C(=O)NS(=O)(=O)CCc2ccc(OC)cc2)cn1. The number of rotatable bonds is 12. The molecular formula is C23H29N3O7S. The van der Waals surface area contributed by atoms with Gasteiger partial charge in [0.25, 0.3) is 11.8 Å². The van der Waals surface area contributed by atoms with E-state index >= 15 is 0 Å². The maximum absolute atomic E-state index is 12.3. The quantitative estimate of drug-likeness (QED) is 0.429. The highest BCUT2D eigenvalue weighted by Gasteiger charge is 2.18. The van der Waals surface area contributed by atoms with E-state index in [4.69, 9.17) is 9.47 Å². The summed E-state index contributed by atoms with van der Waals surface area (Å²) in [7, 11) is -2.35. The van der Waals surface area contributed by atoms with Crippen molar-refractivity contribution in [1.29, 1.82) is 0 Å². The Hall–Kier alpha value is -3.47. The lowest BCUT2D eigenvalue weighted by molar-refractivity contribution is -0.148. The third kappa shape index (κ3) is 8.47. The van der Waals surface area contributed by atoms with E-state index in [0.717, 1.165) is 11.8 Å². The van der Waals surface area contributed by atoms with Gasteiger partial charge in [-0.2, -0.15) is 0 Å². The van der Waals surface area contributed by atoms with Crippen molar-refractivity contribution in [3.05, 3.63) is 59.4 Å². The van der Waals surface area contributed by atoms with Crippen LogP contribution in [0.1, 0.15) is 53.1 Å². The second kappa shape index (κ2) is 12.7. The van der Waals surface area contributed by atoms with Crippen LogP contribution >= 0.6 is 0 Å². The Labute approximate surface area is 199 Å². The zero-order valence-electron chi connectivity index (χ0n) is 19.4. The molecule has 10 nitrogen and oxygen atoms in total. The number of amides is 2. The van der Waals surface area contributed by atoms with Gasteiger partial charge in [-0.05, 0) is 49.1 Å². The van der Waals surface area contributed by atoms with E-state index in [1.165, 1.54) is 19.2 Å². The van der Waals surface area contributed by atoms with Gasteiger partial charge in [0.1, 0.15) is 24.1 Å². The smallest absolute Gasteiger partial charge is 0.325 e. The highest BCUT2D eigenvalue weighted by Crippen LogP contribution is 2.12. The van der Waals surface area contributed by atoms with Crippen LogP contribution in [0, 0.1) is 0 Å². The number of sulfonamides is 1. The number of methoxy groups -OCH3 is 1. The number of ether oxygens (including phenoxy) is 2. The average molecular weight is 492 g/mol. The number of nitrogens with one attached hydrogen (secondary N) is 2. The Bertz CT molecular complexity index is 1080. The lowest BCUT2D eigenvalue weighted by Crippen LogP contribution is -2.34. The molecule has 0 unspecified atom stereocenters. The number of benzene rings is 1. The molecular weight excluding hydrogens is 462 g/mol. The normalized spacial score (nSPS) is 11.1. The molecule has 0 saturated carbocycles. The fraction of sp³-hybridized carbons (Fsp3) is 0.391. The number of pyridine rings is 1. The predicted octanol–water partition coefficient (Wildman–Crippen LogP) is 1.85. The van der Waals surface area contributed by atoms with Gasteiger partial charge in [0, 0.05) is 6.20 Å². The summed E-state index contributed by atoms with van der Waals surface area (Å²) in [5.74, 6) is -1.67. The summed E-state index contributed by atoms with van der Waals surface area (Å²) in [5.41, 5.74) is 0.714. The first-order chi connectivity index (χ1) is 16.2. The number of carbonyl (C=O) groups excluding carboxylic acids is 3. The first kappa shape index (κ1) is 26.8. The van der Waals surface area contributed by atoms with Crippen molar-refractivity contribution in [2.45, 2.75) is 39.2 Å². The Morgan fingerprint density at radius 2 is 1.68 bits per heavy atom. The number of hydrogen-bond acceptors (Lipinski definition) is 8. The number of carbonyl (C=O) groups is 3. The Kier molecular flexibility index (Phi) is 9.99. The minimum Gasteiger partial charge on any atom is -0.497 e. The number of nitrogens with zero attached hydrogens (tertiary/aromatic N) is 1. The van der Waals surface area contributed by atoms with Gasteiger partial charge in [-0.15, -0.1) is 0 Å². The van der Waals surface area contributed by atoms with Crippen LogP contribution in [0.25, 0.3) is 0 Å². The van der Waals surface area contributed by atoms with Crippen molar-refractivity contribution < 1.29 is 32.3 Å². The molecule has 34 heavy (non-hydrogen) atoms. The summed E-state index contributed by atoms with van der Waals surface area (Å²) in [4.78, 5) is 40.1. The van der Waals surface area contributed by atoms with E-state index in [-0.39, 0.29) is 36.1 Å². The van der Waals surface area contributed by atoms with E-state index in [9.17, 15) is 22.8 Å². The molecule has 0 bridgehead atoms. The van der Waals surface area contributed by atoms with Crippen molar-refractivity contribution in [2.24, 2.45) is 0 Å². The van der Waals surface area contributed by atoms with Crippen molar-refractivity contribution in [2.75, 3.05) is 19.4 Å². The van der Waals surface area contributed by atoms with Crippen LogP contribution in [0.5, 0.6) is 5.75 Å². The molecule has 11 heteroatoms. The minimum atomic E-state index is -3.89. The van der Waals surface area contributed by atoms with Crippen LogP contribution < -0.4 is 14.8 Å². The third-order valence-corrected chi connectivity index (χ3v) is 6.17. The van der Waals surface area contributed by atoms with Gasteiger partial charge in [0.15, 0.2) is 0 Å². The standard InChI is InChI=1S/C23H29N3O7S/c1-4-18(5-2)33-21(27)15-25-23(29)20-11-8-17(14-24-20)22(28)26-34(30,31)13-12-16-6-9-19(32-3)10-7-16/h6-11,14,18H,4-5,12-13,15H2,1-3H3,(H,25,29)(H,26,28). The lowest BCUT2D eigenvalue weighted by atomic mass is 10.2. The molecule has 1 heterocycles. The number of hydrogen-bond donors (Lipinski definition) is 2. The van der Waals surface area contributed by atoms with Gasteiger partial charge in [0.2, 0.25) is 10.0 Å². The van der Waals surface area contributed by atoms with Crippen LogP contribution in [-0.2, 0) is 26.0 Å². The summed E-state index contributed by atoms with van der Waals surface area (Å²) >= 11 is 0. The highest BCUT2D eigenvalue weighted by atomic mass is 32.2. The van der Waals surface area contributed by atoms with E-state index in [2.05, 4.69) is 10.3 Å². The van der Waals surface area contributed by atoms with Crippen molar-refractivity contribution in [3.63, 3.8) is 0 Å². The summed E-state index contributed by atoms with van der Waals surface area (Å²) in [6.07, 6.45) is 2.46. The molecule has 184 valence electrons. The maximum Gasteiger partial charge on any atom is 0.325 e. The fourth-order valence-electron chi connectivity index (χ4n) is 2.88. The van der Waals surface area contributed by atoms with Gasteiger partial charge < -0.3 is 14.8 Å². The van der Waals surface area contributed by atoms with Gasteiger partial charge in [0.05, 0.1) is 18.4 Å². The summed E-state index contributed by atoms with van der Waals surface area (Å²) in [5, 5.41) is 2.40. The molecule has 0 fully saturated rings. The lowest BCUT2D eigenvalue weighted by Gasteiger charge is -2.14. The first-order valence-electron chi connectivity index (χ1n) is 10.8. The van der Waals surface area contributed by atoms with E-state index in [1.54, 1.807) is 24.3 Å². The molecule has 2 aromatic rings. The molecule has 1 aromatic heterocycles.